The third-order valence-corrected chi connectivity index (χ3v) is 4.52. The molecule has 2 aromatic carbocycles. The highest BCUT2D eigenvalue weighted by atomic mass is 35.5. The molecule has 2 aromatic rings. The van der Waals surface area contributed by atoms with Gasteiger partial charge in [0.05, 0.1) is 12.5 Å². The summed E-state index contributed by atoms with van der Waals surface area (Å²) in [5, 5.41) is 0.250. The van der Waals surface area contributed by atoms with Crippen LogP contribution in [0.5, 0.6) is 0 Å². The zero-order valence-electron chi connectivity index (χ0n) is 12.4. The van der Waals surface area contributed by atoms with Gasteiger partial charge in [-0.2, -0.15) is 0 Å². The van der Waals surface area contributed by atoms with Crippen LogP contribution in [0, 0.1) is 11.6 Å². The Kier molecular flexibility index (Phi) is 4.62. The van der Waals surface area contributed by atoms with Crippen molar-refractivity contribution in [2.75, 3.05) is 6.54 Å². The van der Waals surface area contributed by atoms with Gasteiger partial charge in [-0.15, -0.1) is 0 Å². The predicted molar refractivity (Wildman–Crippen MR) is 85.2 cm³/mol. The molecule has 0 aliphatic carbocycles. The van der Waals surface area contributed by atoms with Gasteiger partial charge in [0, 0.05) is 11.6 Å². The van der Waals surface area contributed by atoms with E-state index in [4.69, 9.17) is 11.6 Å². The molecule has 1 atom stereocenters. The summed E-state index contributed by atoms with van der Waals surface area (Å²) in [6.07, 6.45) is 1.81. The van der Waals surface area contributed by atoms with Crippen molar-refractivity contribution < 1.29 is 13.6 Å². The molecule has 1 amide bonds. The molecule has 0 unspecified atom stereocenters. The lowest BCUT2D eigenvalue weighted by molar-refractivity contribution is -0.131. The molecule has 0 aromatic heterocycles. The second kappa shape index (κ2) is 6.67. The minimum atomic E-state index is -0.426. The Bertz CT molecular complexity index is 735. The van der Waals surface area contributed by atoms with Crippen molar-refractivity contribution in [1.82, 2.24) is 4.90 Å². The average Bonchev–Trinajstić information content (AvgIpc) is 2.99. The molecule has 2 nitrogen and oxygen atoms in total. The normalized spacial score (nSPS) is 17.5. The second-order valence-corrected chi connectivity index (χ2v) is 6.12. The summed E-state index contributed by atoms with van der Waals surface area (Å²) in [4.78, 5) is 14.4. The van der Waals surface area contributed by atoms with Gasteiger partial charge in [-0.3, -0.25) is 4.79 Å². The van der Waals surface area contributed by atoms with Crippen LogP contribution in [0.15, 0.2) is 42.5 Å². The van der Waals surface area contributed by atoms with Crippen LogP contribution >= 0.6 is 11.6 Å². The minimum absolute atomic E-state index is 0.0785. The summed E-state index contributed by atoms with van der Waals surface area (Å²) in [5.74, 6) is -0.807. The predicted octanol–water partition coefficient (Wildman–Crippen LogP) is 4.52. The summed E-state index contributed by atoms with van der Waals surface area (Å²) in [7, 11) is 0. The van der Waals surface area contributed by atoms with Gasteiger partial charge >= 0.3 is 0 Å². The molecule has 0 saturated carbocycles. The monoisotopic (exact) mass is 335 g/mol. The lowest BCUT2D eigenvalue weighted by Gasteiger charge is -2.25. The summed E-state index contributed by atoms with van der Waals surface area (Å²) >= 11 is 5.99. The van der Waals surface area contributed by atoms with Crippen molar-refractivity contribution in [1.29, 1.82) is 0 Å². The highest BCUT2D eigenvalue weighted by molar-refractivity contribution is 6.31. The fourth-order valence-corrected chi connectivity index (χ4v) is 3.29. The van der Waals surface area contributed by atoms with Crippen LogP contribution < -0.4 is 0 Å². The first-order valence-electron chi connectivity index (χ1n) is 7.53. The lowest BCUT2D eigenvalue weighted by Crippen LogP contribution is -2.32. The van der Waals surface area contributed by atoms with Crippen molar-refractivity contribution in [3.05, 3.63) is 70.2 Å². The minimum Gasteiger partial charge on any atom is -0.335 e. The third-order valence-electron chi connectivity index (χ3n) is 4.16. The topological polar surface area (TPSA) is 20.3 Å². The van der Waals surface area contributed by atoms with E-state index in [1.807, 2.05) is 6.07 Å². The van der Waals surface area contributed by atoms with E-state index in [9.17, 15) is 13.6 Å². The van der Waals surface area contributed by atoms with Crippen LogP contribution in [0.3, 0.4) is 0 Å². The zero-order chi connectivity index (χ0) is 16.4. The van der Waals surface area contributed by atoms with E-state index >= 15 is 0 Å². The average molecular weight is 336 g/mol. The number of benzene rings is 2. The summed E-state index contributed by atoms with van der Waals surface area (Å²) in [5.41, 5.74) is 1.41. The van der Waals surface area contributed by atoms with Gasteiger partial charge in [-0.05, 0) is 48.2 Å². The van der Waals surface area contributed by atoms with Crippen LogP contribution in [0.4, 0.5) is 8.78 Å². The van der Waals surface area contributed by atoms with Crippen LogP contribution in [-0.2, 0) is 11.2 Å². The van der Waals surface area contributed by atoms with Crippen molar-refractivity contribution in [3.8, 4) is 0 Å². The Labute approximate surface area is 138 Å². The van der Waals surface area contributed by atoms with Gasteiger partial charge in [-0.25, -0.2) is 8.78 Å². The van der Waals surface area contributed by atoms with E-state index in [0.29, 0.717) is 12.1 Å². The first kappa shape index (κ1) is 15.9. The molecule has 3 rings (SSSR count). The number of carbonyl (C=O) groups is 1. The molecule has 0 radical (unpaired) electrons. The number of amides is 1. The SMILES string of the molecule is O=C(Cc1ccc(F)cc1Cl)N1CCC[C@@H]1c1cccc(F)c1. The molecule has 1 aliphatic heterocycles. The first-order valence-corrected chi connectivity index (χ1v) is 7.91. The van der Waals surface area contributed by atoms with Crippen molar-refractivity contribution >= 4 is 17.5 Å². The van der Waals surface area contributed by atoms with Gasteiger partial charge < -0.3 is 4.90 Å². The zero-order valence-corrected chi connectivity index (χ0v) is 13.2. The molecule has 5 heteroatoms. The van der Waals surface area contributed by atoms with Crippen LogP contribution in [0.2, 0.25) is 5.02 Å². The number of halogens is 3. The molecule has 0 bridgehead atoms. The Morgan fingerprint density at radius 3 is 2.70 bits per heavy atom. The third kappa shape index (κ3) is 3.53. The molecule has 1 saturated heterocycles. The molecule has 0 N–H and O–H groups in total. The standard InChI is InChI=1S/C18H16ClF2NO/c19-16-11-15(21)7-6-12(16)10-18(23)22-8-2-5-17(22)13-3-1-4-14(20)9-13/h1,3-4,6-7,9,11,17H,2,5,8,10H2/t17-/m1/s1. The van der Waals surface area contributed by atoms with E-state index in [-0.39, 0.29) is 29.2 Å². The molecule has 23 heavy (non-hydrogen) atoms. The molecular weight excluding hydrogens is 320 g/mol. The Hall–Kier alpha value is -1.94. The molecule has 1 fully saturated rings. The molecular formula is C18H16ClF2NO. The second-order valence-electron chi connectivity index (χ2n) is 5.71. The van der Waals surface area contributed by atoms with E-state index in [0.717, 1.165) is 18.4 Å². The van der Waals surface area contributed by atoms with E-state index in [1.165, 1.54) is 30.3 Å². The highest BCUT2D eigenvalue weighted by Gasteiger charge is 2.30. The lowest BCUT2D eigenvalue weighted by atomic mass is 10.0. The number of hydrogen-bond donors (Lipinski definition) is 0. The Balaban J connectivity index is 1.78. The Morgan fingerprint density at radius 2 is 1.96 bits per heavy atom. The van der Waals surface area contributed by atoms with Gasteiger partial charge in [0.25, 0.3) is 0 Å². The smallest absolute Gasteiger partial charge is 0.227 e. The highest BCUT2D eigenvalue weighted by Crippen LogP contribution is 2.33. The van der Waals surface area contributed by atoms with E-state index in [2.05, 4.69) is 0 Å². The molecule has 120 valence electrons. The Morgan fingerprint density at radius 1 is 1.17 bits per heavy atom. The summed E-state index contributed by atoms with van der Waals surface area (Å²) < 4.78 is 26.5. The number of rotatable bonds is 3. The van der Waals surface area contributed by atoms with Crippen molar-refractivity contribution in [3.63, 3.8) is 0 Å². The summed E-state index contributed by atoms with van der Waals surface area (Å²) in [6.45, 7) is 0.638. The van der Waals surface area contributed by atoms with Gasteiger partial charge in [-0.1, -0.05) is 29.8 Å². The fourth-order valence-electron chi connectivity index (χ4n) is 3.06. The van der Waals surface area contributed by atoms with Crippen molar-refractivity contribution in [2.24, 2.45) is 0 Å². The molecule has 1 aliphatic rings. The quantitative estimate of drug-likeness (QED) is 0.807. The van der Waals surface area contributed by atoms with Crippen LogP contribution in [-0.4, -0.2) is 17.4 Å². The van der Waals surface area contributed by atoms with E-state index < -0.39 is 5.82 Å². The van der Waals surface area contributed by atoms with Gasteiger partial charge in [0.1, 0.15) is 11.6 Å². The maximum absolute atomic E-state index is 13.4. The van der Waals surface area contributed by atoms with Gasteiger partial charge in [0.2, 0.25) is 5.91 Å². The molecule has 0 spiro atoms. The number of carbonyl (C=O) groups excluding carboxylic acids is 1. The van der Waals surface area contributed by atoms with Gasteiger partial charge in [0.15, 0.2) is 0 Å². The van der Waals surface area contributed by atoms with Crippen molar-refractivity contribution in [2.45, 2.75) is 25.3 Å². The van der Waals surface area contributed by atoms with E-state index in [1.54, 1.807) is 11.0 Å². The first-order chi connectivity index (χ1) is 11.0. The maximum Gasteiger partial charge on any atom is 0.227 e. The largest absolute Gasteiger partial charge is 0.335 e. The maximum atomic E-state index is 13.4. The number of likely N-dealkylation sites (tertiary alicyclic amines) is 1. The van der Waals surface area contributed by atoms with Crippen LogP contribution in [0.25, 0.3) is 0 Å². The summed E-state index contributed by atoms with van der Waals surface area (Å²) in [6, 6.07) is 10.3. The molecule has 1 heterocycles. The fraction of sp³-hybridized carbons (Fsp3) is 0.278. The van der Waals surface area contributed by atoms with Crippen LogP contribution in [0.1, 0.15) is 30.0 Å². The number of hydrogen-bond acceptors (Lipinski definition) is 1. The number of nitrogens with zero attached hydrogens (tertiary/aromatic N) is 1.